The van der Waals surface area contributed by atoms with E-state index in [9.17, 15) is 4.79 Å². The maximum atomic E-state index is 10.5. The van der Waals surface area contributed by atoms with Crippen LogP contribution in [0.25, 0.3) is 0 Å². The monoisotopic (exact) mass is 258 g/mol. The van der Waals surface area contributed by atoms with E-state index in [0.717, 1.165) is 11.7 Å². The summed E-state index contributed by atoms with van der Waals surface area (Å²) in [4.78, 5) is 14.7. The molecular formula is C10H14N2O2S2. The summed E-state index contributed by atoms with van der Waals surface area (Å²) in [7, 11) is 0. The molecule has 1 aromatic rings. The molecule has 1 unspecified atom stereocenters. The van der Waals surface area contributed by atoms with Gasteiger partial charge in [0.05, 0.1) is 5.75 Å². The van der Waals surface area contributed by atoms with Gasteiger partial charge in [-0.2, -0.15) is 11.8 Å². The van der Waals surface area contributed by atoms with Gasteiger partial charge in [0, 0.05) is 24.2 Å². The first kappa shape index (κ1) is 11.9. The Bertz CT molecular complexity index is 361. The van der Waals surface area contributed by atoms with Crippen LogP contribution in [0.5, 0.6) is 0 Å². The normalized spacial score (nSPS) is 20.1. The maximum absolute atomic E-state index is 10.5. The Morgan fingerprint density at radius 3 is 3.31 bits per heavy atom. The van der Waals surface area contributed by atoms with Crippen molar-refractivity contribution in [2.45, 2.75) is 29.8 Å². The second-order valence-electron chi connectivity index (χ2n) is 3.68. The number of carboxylic acids is 1. The second kappa shape index (κ2) is 5.63. The van der Waals surface area contributed by atoms with E-state index in [1.165, 1.54) is 30.4 Å². The third-order valence-corrected chi connectivity index (χ3v) is 4.80. The van der Waals surface area contributed by atoms with Gasteiger partial charge in [-0.25, -0.2) is 4.98 Å². The Balaban J connectivity index is 1.92. The number of aromatic nitrogens is 2. The van der Waals surface area contributed by atoms with Gasteiger partial charge < -0.3 is 9.67 Å². The Kier molecular flexibility index (Phi) is 4.17. The van der Waals surface area contributed by atoms with Crippen molar-refractivity contribution in [3.8, 4) is 0 Å². The first-order valence-electron chi connectivity index (χ1n) is 5.23. The molecule has 1 N–H and O–H groups in total. The molecule has 0 bridgehead atoms. The molecule has 0 radical (unpaired) electrons. The molecule has 1 fully saturated rings. The zero-order valence-electron chi connectivity index (χ0n) is 8.83. The largest absolute Gasteiger partial charge is 0.481 e. The van der Waals surface area contributed by atoms with Crippen LogP contribution in [0.3, 0.4) is 0 Å². The van der Waals surface area contributed by atoms with Gasteiger partial charge in [-0.05, 0) is 18.6 Å². The molecule has 0 spiro atoms. The lowest BCUT2D eigenvalue weighted by atomic mass is 10.2. The van der Waals surface area contributed by atoms with Crippen LogP contribution in [0.4, 0.5) is 0 Å². The molecule has 1 aromatic heterocycles. The van der Waals surface area contributed by atoms with E-state index in [0.29, 0.717) is 5.25 Å². The first-order chi connectivity index (χ1) is 7.75. The fourth-order valence-corrected chi connectivity index (χ4v) is 3.66. The van der Waals surface area contributed by atoms with E-state index in [1.54, 1.807) is 6.20 Å². The Labute approximate surface area is 103 Å². The van der Waals surface area contributed by atoms with Crippen molar-refractivity contribution in [1.29, 1.82) is 0 Å². The van der Waals surface area contributed by atoms with Gasteiger partial charge in [0.2, 0.25) is 0 Å². The van der Waals surface area contributed by atoms with Crippen molar-refractivity contribution in [2.75, 3.05) is 11.5 Å². The number of carbonyl (C=O) groups is 1. The number of rotatable bonds is 5. The lowest BCUT2D eigenvalue weighted by Crippen LogP contribution is -2.10. The highest BCUT2D eigenvalue weighted by molar-refractivity contribution is 8.00. The van der Waals surface area contributed by atoms with Crippen molar-refractivity contribution in [2.24, 2.45) is 0 Å². The summed E-state index contributed by atoms with van der Waals surface area (Å²) in [5.41, 5.74) is 0. The maximum Gasteiger partial charge on any atom is 0.313 e. The Morgan fingerprint density at radius 1 is 1.75 bits per heavy atom. The van der Waals surface area contributed by atoms with E-state index < -0.39 is 5.97 Å². The van der Waals surface area contributed by atoms with E-state index in [4.69, 9.17) is 5.11 Å². The molecule has 1 saturated heterocycles. The summed E-state index contributed by atoms with van der Waals surface area (Å²) < 4.78 is 2.07. The van der Waals surface area contributed by atoms with Gasteiger partial charge >= 0.3 is 5.97 Å². The van der Waals surface area contributed by atoms with Crippen LogP contribution in [0.2, 0.25) is 0 Å². The fourth-order valence-electron chi connectivity index (χ4n) is 1.71. The Hall–Kier alpha value is -0.620. The molecule has 1 aliphatic heterocycles. The van der Waals surface area contributed by atoms with Gasteiger partial charge in [-0.15, -0.1) is 0 Å². The third kappa shape index (κ3) is 3.18. The van der Waals surface area contributed by atoms with Crippen LogP contribution in [-0.4, -0.2) is 37.4 Å². The molecule has 0 aromatic carbocycles. The molecule has 2 heterocycles. The van der Waals surface area contributed by atoms with Crippen molar-refractivity contribution in [3.05, 3.63) is 12.4 Å². The molecule has 16 heavy (non-hydrogen) atoms. The molecule has 1 aliphatic rings. The van der Waals surface area contributed by atoms with Crippen molar-refractivity contribution in [3.63, 3.8) is 0 Å². The highest BCUT2D eigenvalue weighted by Gasteiger charge is 2.17. The molecule has 1 atom stereocenters. The summed E-state index contributed by atoms with van der Waals surface area (Å²) in [6.07, 6.45) is 6.22. The van der Waals surface area contributed by atoms with E-state index in [1.807, 2.05) is 18.0 Å². The minimum atomic E-state index is -0.796. The van der Waals surface area contributed by atoms with E-state index >= 15 is 0 Å². The minimum absolute atomic E-state index is 0.0782. The summed E-state index contributed by atoms with van der Waals surface area (Å²) >= 11 is 3.29. The number of imidazole rings is 1. The number of hydrogen-bond donors (Lipinski definition) is 1. The molecular weight excluding hydrogens is 244 g/mol. The number of hydrogen-bond acceptors (Lipinski definition) is 4. The lowest BCUT2D eigenvalue weighted by Gasteiger charge is -2.11. The molecule has 0 saturated carbocycles. The van der Waals surface area contributed by atoms with Crippen LogP contribution in [0, 0.1) is 0 Å². The fraction of sp³-hybridized carbons (Fsp3) is 0.600. The summed E-state index contributed by atoms with van der Waals surface area (Å²) in [5, 5.41) is 10.1. The smallest absolute Gasteiger partial charge is 0.313 e. The lowest BCUT2D eigenvalue weighted by molar-refractivity contribution is -0.133. The average Bonchev–Trinajstić information content (AvgIpc) is 2.87. The van der Waals surface area contributed by atoms with Crippen LogP contribution in [-0.2, 0) is 11.3 Å². The van der Waals surface area contributed by atoms with Crippen LogP contribution in [0.15, 0.2) is 17.6 Å². The van der Waals surface area contributed by atoms with Crippen molar-refractivity contribution >= 4 is 29.5 Å². The van der Waals surface area contributed by atoms with Gasteiger partial charge in [-0.3, -0.25) is 4.79 Å². The summed E-state index contributed by atoms with van der Waals surface area (Å²) in [6, 6.07) is 0. The van der Waals surface area contributed by atoms with Crippen LogP contribution >= 0.6 is 23.5 Å². The predicted molar refractivity (Wildman–Crippen MR) is 66.1 cm³/mol. The van der Waals surface area contributed by atoms with Crippen molar-refractivity contribution < 1.29 is 9.90 Å². The number of aliphatic carboxylic acids is 1. The quantitative estimate of drug-likeness (QED) is 0.818. The Morgan fingerprint density at radius 2 is 2.62 bits per heavy atom. The summed E-state index contributed by atoms with van der Waals surface area (Å²) in [5.74, 6) is 0.529. The predicted octanol–water partition coefficient (Wildman–Crippen LogP) is 1.96. The molecule has 0 amide bonds. The molecule has 2 rings (SSSR count). The number of nitrogens with zero attached hydrogens (tertiary/aromatic N) is 2. The standard InChI is InChI=1S/C10H14N2O2S2/c13-9(14)7-16-10-11-3-4-12(10)6-8-2-1-5-15-8/h3-4,8H,1-2,5-7H2,(H,13,14). The highest BCUT2D eigenvalue weighted by atomic mass is 32.2. The third-order valence-electron chi connectivity index (χ3n) is 2.43. The average molecular weight is 258 g/mol. The van der Waals surface area contributed by atoms with E-state index in [2.05, 4.69) is 9.55 Å². The van der Waals surface area contributed by atoms with Crippen molar-refractivity contribution in [1.82, 2.24) is 9.55 Å². The second-order valence-corrected chi connectivity index (χ2v) is 6.03. The van der Waals surface area contributed by atoms with E-state index in [-0.39, 0.29) is 5.75 Å². The number of carboxylic acid groups (broad SMARTS) is 1. The first-order valence-corrected chi connectivity index (χ1v) is 7.26. The zero-order chi connectivity index (χ0) is 11.4. The molecule has 6 heteroatoms. The SMILES string of the molecule is O=C(O)CSc1nccn1CC1CCCS1. The highest BCUT2D eigenvalue weighted by Crippen LogP contribution is 2.28. The molecule has 88 valence electrons. The minimum Gasteiger partial charge on any atom is -0.481 e. The summed E-state index contributed by atoms with van der Waals surface area (Å²) in [6.45, 7) is 0.951. The molecule has 4 nitrogen and oxygen atoms in total. The molecule has 0 aliphatic carbocycles. The zero-order valence-corrected chi connectivity index (χ0v) is 10.5. The van der Waals surface area contributed by atoms with Gasteiger partial charge in [0.25, 0.3) is 0 Å². The van der Waals surface area contributed by atoms with Gasteiger partial charge in [0.15, 0.2) is 5.16 Å². The van der Waals surface area contributed by atoms with Gasteiger partial charge in [0.1, 0.15) is 0 Å². The van der Waals surface area contributed by atoms with Crippen LogP contribution < -0.4 is 0 Å². The van der Waals surface area contributed by atoms with Crippen LogP contribution in [0.1, 0.15) is 12.8 Å². The topological polar surface area (TPSA) is 55.1 Å². The van der Waals surface area contributed by atoms with Gasteiger partial charge in [-0.1, -0.05) is 11.8 Å². The number of thioether (sulfide) groups is 2.